The van der Waals surface area contributed by atoms with Crippen molar-refractivity contribution in [3.63, 3.8) is 0 Å². The van der Waals surface area contributed by atoms with Gasteiger partial charge in [0.15, 0.2) is 0 Å². The second-order valence-electron chi connectivity index (χ2n) is 6.99. The summed E-state index contributed by atoms with van der Waals surface area (Å²) in [5.41, 5.74) is 3.60. The number of aromatic nitrogens is 1. The predicted octanol–water partition coefficient (Wildman–Crippen LogP) is 2.97. The van der Waals surface area contributed by atoms with Crippen molar-refractivity contribution < 1.29 is 9.53 Å². The minimum Gasteiger partial charge on any atom is -0.378 e. The number of benzene rings is 1. The molecule has 1 fully saturated rings. The molecule has 0 radical (unpaired) electrons. The van der Waals surface area contributed by atoms with E-state index in [4.69, 9.17) is 4.74 Å². The molecule has 1 aromatic heterocycles. The molecule has 0 bridgehead atoms. The first-order valence-corrected chi connectivity index (χ1v) is 9.57. The van der Waals surface area contributed by atoms with E-state index in [1.54, 1.807) is 0 Å². The molecule has 27 heavy (non-hydrogen) atoms. The number of ether oxygens (including phenoxy) is 1. The van der Waals surface area contributed by atoms with Crippen LogP contribution in [0.3, 0.4) is 0 Å². The average Bonchev–Trinajstić information content (AvgIpc) is 2.93. The zero-order valence-electron chi connectivity index (χ0n) is 15.5. The van der Waals surface area contributed by atoms with E-state index in [2.05, 4.69) is 46.8 Å². The van der Waals surface area contributed by atoms with Gasteiger partial charge in [-0.2, -0.15) is 0 Å². The van der Waals surface area contributed by atoms with Crippen LogP contribution in [-0.4, -0.2) is 48.6 Å². The molecule has 2 aliphatic heterocycles. The van der Waals surface area contributed by atoms with Gasteiger partial charge in [-0.15, -0.1) is 0 Å². The smallest absolute Gasteiger partial charge is 0.246 e. The number of rotatable bonds is 3. The maximum Gasteiger partial charge on any atom is 0.246 e. The zero-order chi connectivity index (χ0) is 18.6. The molecule has 2 aliphatic rings. The van der Waals surface area contributed by atoms with Crippen molar-refractivity contribution in [1.82, 2.24) is 9.88 Å². The molecule has 1 atom stereocenters. The van der Waals surface area contributed by atoms with Crippen LogP contribution < -0.4 is 4.90 Å². The van der Waals surface area contributed by atoms with Gasteiger partial charge < -0.3 is 14.5 Å². The third-order valence-corrected chi connectivity index (χ3v) is 5.38. The lowest BCUT2D eigenvalue weighted by atomic mass is 9.93. The van der Waals surface area contributed by atoms with Gasteiger partial charge in [0.25, 0.3) is 0 Å². The molecule has 1 aromatic carbocycles. The van der Waals surface area contributed by atoms with E-state index < -0.39 is 0 Å². The Morgan fingerprint density at radius 2 is 2.00 bits per heavy atom. The van der Waals surface area contributed by atoms with E-state index in [9.17, 15) is 4.79 Å². The second-order valence-corrected chi connectivity index (χ2v) is 6.99. The van der Waals surface area contributed by atoms with Gasteiger partial charge in [-0.1, -0.05) is 30.8 Å². The molecule has 1 amide bonds. The maximum atomic E-state index is 12.7. The molecule has 140 valence electrons. The van der Waals surface area contributed by atoms with Crippen molar-refractivity contribution in [2.45, 2.75) is 18.9 Å². The molecule has 1 saturated heterocycles. The Kier molecular flexibility index (Phi) is 5.21. The molecule has 2 aromatic rings. The summed E-state index contributed by atoms with van der Waals surface area (Å²) in [6.45, 7) is 7.56. The Bertz CT molecular complexity index is 830. The summed E-state index contributed by atoms with van der Waals surface area (Å²) in [6.07, 6.45) is 5.21. The zero-order valence-corrected chi connectivity index (χ0v) is 15.5. The van der Waals surface area contributed by atoms with Gasteiger partial charge in [0, 0.05) is 25.8 Å². The lowest BCUT2D eigenvalue weighted by Gasteiger charge is -2.32. The Hall–Kier alpha value is -2.66. The van der Waals surface area contributed by atoms with Crippen molar-refractivity contribution in [3.05, 3.63) is 71.9 Å². The number of hydrogen-bond donors (Lipinski definition) is 0. The number of carbonyl (C=O) groups excluding carboxylic acids is 1. The van der Waals surface area contributed by atoms with Gasteiger partial charge >= 0.3 is 0 Å². The number of pyridine rings is 1. The molecule has 5 nitrogen and oxygen atoms in total. The van der Waals surface area contributed by atoms with Crippen molar-refractivity contribution in [3.8, 4) is 0 Å². The molecule has 0 aliphatic carbocycles. The minimum absolute atomic E-state index is 0.0264. The van der Waals surface area contributed by atoms with Crippen LogP contribution in [0.4, 0.5) is 5.82 Å². The number of morpholine rings is 1. The topological polar surface area (TPSA) is 45.7 Å². The highest BCUT2D eigenvalue weighted by Gasteiger charge is 2.30. The van der Waals surface area contributed by atoms with E-state index in [1.165, 1.54) is 17.2 Å². The summed E-state index contributed by atoms with van der Waals surface area (Å²) in [6, 6.07) is 12.5. The van der Waals surface area contributed by atoms with Gasteiger partial charge in [-0.25, -0.2) is 4.98 Å². The number of amides is 1. The largest absolute Gasteiger partial charge is 0.378 e. The van der Waals surface area contributed by atoms with Crippen LogP contribution >= 0.6 is 0 Å². The molecule has 0 spiro atoms. The van der Waals surface area contributed by atoms with Crippen LogP contribution in [0.25, 0.3) is 0 Å². The number of aryl methyl sites for hydroxylation is 1. The molecular formula is C22H25N3O2. The summed E-state index contributed by atoms with van der Waals surface area (Å²) >= 11 is 0. The van der Waals surface area contributed by atoms with Crippen molar-refractivity contribution in [2.75, 3.05) is 37.7 Å². The first-order valence-electron chi connectivity index (χ1n) is 9.57. The first kappa shape index (κ1) is 17.7. The molecule has 0 N–H and O–H groups in total. The van der Waals surface area contributed by atoms with Gasteiger partial charge in [0.2, 0.25) is 5.91 Å². The summed E-state index contributed by atoms with van der Waals surface area (Å²) in [4.78, 5) is 21.4. The maximum absolute atomic E-state index is 12.7. The third kappa shape index (κ3) is 3.60. The molecule has 3 heterocycles. The highest BCUT2D eigenvalue weighted by molar-refractivity contribution is 5.87. The molecule has 0 saturated carbocycles. The fraction of sp³-hybridized carbons (Fsp3) is 0.364. The normalized spacial score (nSPS) is 19.9. The fourth-order valence-corrected chi connectivity index (χ4v) is 4.05. The Morgan fingerprint density at radius 3 is 2.81 bits per heavy atom. The van der Waals surface area contributed by atoms with Crippen molar-refractivity contribution >= 4 is 11.7 Å². The van der Waals surface area contributed by atoms with E-state index in [0.717, 1.165) is 57.1 Å². The first-order chi connectivity index (χ1) is 13.3. The molecule has 0 unspecified atom stereocenters. The van der Waals surface area contributed by atoms with Crippen LogP contribution in [0.5, 0.6) is 0 Å². The molecule has 5 heteroatoms. The fourth-order valence-electron chi connectivity index (χ4n) is 4.05. The monoisotopic (exact) mass is 363 g/mol. The van der Waals surface area contributed by atoms with Crippen LogP contribution in [0.2, 0.25) is 0 Å². The summed E-state index contributed by atoms with van der Waals surface area (Å²) < 4.78 is 5.46. The molecular weight excluding hydrogens is 338 g/mol. The van der Waals surface area contributed by atoms with Crippen molar-refractivity contribution in [2.24, 2.45) is 0 Å². The number of carbonyl (C=O) groups is 1. The lowest BCUT2D eigenvalue weighted by molar-refractivity contribution is -0.127. The second kappa shape index (κ2) is 7.92. The Morgan fingerprint density at radius 1 is 1.19 bits per heavy atom. The van der Waals surface area contributed by atoms with Crippen LogP contribution in [-0.2, 0) is 16.0 Å². The molecule has 4 rings (SSSR count). The van der Waals surface area contributed by atoms with Crippen molar-refractivity contribution in [1.29, 1.82) is 0 Å². The highest BCUT2D eigenvalue weighted by atomic mass is 16.5. The summed E-state index contributed by atoms with van der Waals surface area (Å²) in [5.74, 6) is 0.921. The van der Waals surface area contributed by atoms with Gasteiger partial charge in [0.1, 0.15) is 5.82 Å². The summed E-state index contributed by atoms with van der Waals surface area (Å²) in [5, 5.41) is 0. The van der Waals surface area contributed by atoms with E-state index in [0.29, 0.717) is 0 Å². The number of nitrogens with zero attached hydrogens (tertiary/aromatic N) is 3. The highest BCUT2D eigenvalue weighted by Crippen LogP contribution is 2.35. The van der Waals surface area contributed by atoms with Crippen LogP contribution in [0.1, 0.15) is 29.2 Å². The minimum atomic E-state index is -0.114. The van der Waals surface area contributed by atoms with Gasteiger partial charge in [-0.05, 0) is 47.7 Å². The Balaban J connectivity index is 1.78. The summed E-state index contributed by atoms with van der Waals surface area (Å²) in [7, 11) is 0. The third-order valence-electron chi connectivity index (χ3n) is 5.38. The predicted molar refractivity (Wildman–Crippen MR) is 106 cm³/mol. The van der Waals surface area contributed by atoms with Crippen LogP contribution in [0.15, 0.2) is 55.3 Å². The lowest BCUT2D eigenvalue weighted by Crippen LogP contribution is -2.37. The van der Waals surface area contributed by atoms with E-state index in [-0.39, 0.29) is 11.9 Å². The van der Waals surface area contributed by atoms with E-state index in [1.807, 2.05) is 17.2 Å². The van der Waals surface area contributed by atoms with Gasteiger partial charge in [0.05, 0.1) is 19.3 Å². The van der Waals surface area contributed by atoms with Gasteiger partial charge in [-0.3, -0.25) is 4.79 Å². The van der Waals surface area contributed by atoms with Crippen LogP contribution in [0, 0.1) is 0 Å². The number of anilines is 1. The average molecular weight is 363 g/mol. The van der Waals surface area contributed by atoms with E-state index >= 15 is 0 Å². The Labute approximate surface area is 160 Å². The number of hydrogen-bond acceptors (Lipinski definition) is 4. The quantitative estimate of drug-likeness (QED) is 0.787. The SMILES string of the molecule is C=CC(=O)N1CCCc2ccccc2[C@H]1c1ccnc(N2CCOCC2)c1. The number of fused-ring (bicyclic) bond motifs is 1. The standard InChI is InChI=1S/C22H25N3O2/c1-2-21(26)25-11-5-7-17-6-3-4-8-19(17)22(25)18-9-10-23-20(16-18)24-12-14-27-15-13-24/h2-4,6,8-10,16,22H,1,5,7,11-15H2/t22-/m1/s1.